The molecule has 0 saturated carbocycles. The van der Waals surface area contributed by atoms with Gasteiger partial charge in [-0.15, -0.1) is 0 Å². The Morgan fingerprint density at radius 1 is 1.09 bits per heavy atom. The number of H-pyrrole nitrogens is 1. The lowest BCUT2D eigenvalue weighted by atomic mass is 9.98. The number of carbonyl (C=O) groups is 3. The third-order valence-corrected chi connectivity index (χ3v) is 5.95. The second-order valence-electron chi connectivity index (χ2n) is 8.11. The number of methoxy groups -OCH3 is 1. The number of carboxylic acid groups (broad SMARTS) is 1. The van der Waals surface area contributed by atoms with Gasteiger partial charge in [-0.25, -0.2) is 14.6 Å². The number of carbonyl (C=O) groups excluding carboxylic acids is 2. The lowest BCUT2D eigenvalue weighted by Crippen LogP contribution is -2.50. The first-order valence-corrected chi connectivity index (χ1v) is 11.1. The fraction of sp³-hybridized carbons (Fsp3) is 0.280. The molecule has 182 valence electrons. The van der Waals surface area contributed by atoms with Gasteiger partial charge in [-0.2, -0.15) is 0 Å². The van der Waals surface area contributed by atoms with Crippen LogP contribution in [0.3, 0.4) is 0 Å². The number of aromatic amines is 1. The number of carboxylic acids is 1. The van der Waals surface area contributed by atoms with Gasteiger partial charge in [0.05, 0.1) is 12.9 Å². The number of hydrogen-bond acceptors (Lipinski definition) is 6. The monoisotopic (exact) mass is 478 g/mol. The zero-order valence-corrected chi connectivity index (χ0v) is 19.1. The maximum absolute atomic E-state index is 12.8. The van der Waals surface area contributed by atoms with E-state index < -0.39 is 30.1 Å². The van der Waals surface area contributed by atoms with Gasteiger partial charge in [0.1, 0.15) is 12.6 Å². The van der Waals surface area contributed by atoms with E-state index >= 15 is 0 Å². The number of nitrogens with zero attached hydrogens (tertiary/aromatic N) is 1. The molecule has 3 aromatic rings. The number of aromatic nitrogens is 2. The number of hydrogen-bond donors (Lipinski definition) is 4. The number of amides is 2. The maximum Gasteiger partial charge on any atom is 0.407 e. The first kappa shape index (κ1) is 24.0. The minimum Gasteiger partial charge on any atom is -0.479 e. The lowest BCUT2D eigenvalue weighted by molar-refractivity contribution is -0.148. The van der Waals surface area contributed by atoms with Gasteiger partial charge < -0.3 is 30.2 Å². The van der Waals surface area contributed by atoms with Crippen LogP contribution in [0.25, 0.3) is 11.1 Å². The molecule has 0 bridgehead atoms. The Hall–Kier alpha value is -4.18. The molecular formula is C25H26N4O6. The average Bonchev–Trinajstić information content (AvgIpc) is 3.48. The number of benzene rings is 2. The van der Waals surface area contributed by atoms with E-state index in [1.165, 1.54) is 19.6 Å². The number of ether oxygens (including phenoxy) is 2. The van der Waals surface area contributed by atoms with Crippen LogP contribution in [-0.4, -0.2) is 65.5 Å². The zero-order chi connectivity index (χ0) is 24.8. The van der Waals surface area contributed by atoms with Gasteiger partial charge >= 0.3 is 12.1 Å². The molecule has 10 heteroatoms. The Morgan fingerprint density at radius 2 is 1.74 bits per heavy atom. The third kappa shape index (κ3) is 5.49. The minimum absolute atomic E-state index is 0.100. The van der Waals surface area contributed by atoms with Crippen molar-refractivity contribution >= 4 is 18.0 Å². The molecule has 1 aromatic heterocycles. The summed E-state index contributed by atoms with van der Waals surface area (Å²) in [7, 11) is 1.24. The highest BCUT2D eigenvalue weighted by atomic mass is 16.5. The Bertz CT molecular complexity index is 1150. The van der Waals surface area contributed by atoms with E-state index in [-0.39, 0.29) is 25.5 Å². The summed E-state index contributed by atoms with van der Waals surface area (Å²) in [5.74, 6) is -1.90. The summed E-state index contributed by atoms with van der Waals surface area (Å²) in [5, 5.41) is 14.2. The van der Waals surface area contributed by atoms with Crippen molar-refractivity contribution in [1.29, 1.82) is 0 Å². The molecule has 0 saturated heterocycles. The molecule has 0 aliphatic heterocycles. The predicted molar refractivity (Wildman–Crippen MR) is 126 cm³/mol. The van der Waals surface area contributed by atoms with Crippen LogP contribution in [0.2, 0.25) is 0 Å². The second kappa shape index (κ2) is 10.8. The van der Waals surface area contributed by atoms with E-state index in [0.29, 0.717) is 5.69 Å². The molecular weight excluding hydrogens is 452 g/mol. The molecule has 4 N–H and O–H groups in total. The molecule has 4 rings (SSSR count). The molecule has 35 heavy (non-hydrogen) atoms. The smallest absolute Gasteiger partial charge is 0.407 e. The lowest BCUT2D eigenvalue weighted by Gasteiger charge is -2.20. The van der Waals surface area contributed by atoms with Gasteiger partial charge in [0.15, 0.2) is 6.10 Å². The molecule has 2 atom stereocenters. The summed E-state index contributed by atoms with van der Waals surface area (Å²) in [6, 6.07) is 15.0. The largest absolute Gasteiger partial charge is 0.479 e. The SMILES string of the molecule is COC(CNC(=O)[C@H](Cc1cnc[nH]1)NC(=O)OCC1c2ccccc2-c2ccccc21)C(=O)O. The zero-order valence-electron chi connectivity index (χ0n) is 19.1. The number of fused-ring (bicyclic) bond motifs is 3. The summed E-state index contributed by atoms with van der Waals surface area (Å²) >= 11 is 0. The molecule has 0 radical (unpaired) electrons. The molecule has 0 fully saturated rings. The van der Waals surface area contributed by atoms with Crippen LogP contribution in [0.1, 0.15) is 22.7 Å². The second-order valence-corrected chi connectivity index (χ2v) is 8.11. The van der Waals surface area contributed by atoms with Gasteiger partial charge in [-0.05, 0) is 22.3 Å². The molecule has 1 aliphatic carbocycles. The van der Waals surface area contributed by atoms with Gasteiger partial charge in [0.2, 0.25) is 5.91 Å². The average molecular weight is 479 g/mol. The molecule has 1 heterocycles. The molecule has 10 nitrogen and oxygen atoms in total. The number of aliphatic carboxylic acids is 1. The van der Waals surface area contributed by atoms with E-state index in [1.54, 1.807) is 0 Å². The van der Waals surface area contributed by atoms with Gasteiger partial charge in [0.25, 0.3) is 0 Å². The van der Waals surface area contributed by atoms with Gasteiger partial charge in [-0.1, -0.05) is 48.5 Å². The first-order valence-electron chi connectivity index (χ1n) is 11.1. The van der Waals surface area contributed by atoms with Gasteiger partial charge in [0, 0.05) is 31.3 Å². The highest BCUT2D eigenvalue weighted by Gasteiger charge is 2.30. The van der Waals surface area contributed by atoms with Crippen LogP contribution < -0.4 is 10.6 Å². The van der Waals surface area contributed by atoms with Crippen molar-refractivity contribution in [2.75, 3.05) is 20.3 Å². The van der Waals surface area contributed by atoms with E-state index in [9.17, 15) is 14.4 Å². The fourth-order valence-electron chi connectivity index (χ4n) is 4.20. The van der Waals surface area contributed by atoms with Crippen LogP contribution in [0.4, 0.5) is 4.79 Å². The Morgan fingerprint density at radius 3 is 2.31 bits per heavy atom. The number of nitrogens with one attached hydrogen (secondary N) is 3. The molecule has 1 aliphatic rings. The van der Waals surface area contributed by atoms with E-state index in [1.807, 2.05) is 48.5 Å². The van der Waals surface area contributed by atoms with E-state index in [0.717, 1.165) is 22.3 Å². The molecule has 0 spiro atoms. The van der Waals surface area contributed by atoms with Gasteiger partial charge in [-0.3, -0.25) is 4.79 Å². The predicted octanol–water partition coefficient (Wildman–Crippen LogP) is 2.08. The summed E-state index contributed by atoms with van der Waals surface area (Å²) in [6.07, 6.45) is 1.15. The first-order chi connectivity index (χ1) is 17.0. The molecule has 2 amide bonds. The summed E-state index contributed by atoms with van der Waals surface area (Å²) in [4.78, 5) is 43.5. The van der Waals surface area contributed by atoms with Crippen LogP contribution >= 0.6 is 0 Å². The third-order valence-electron chi connectivity index (χ3n) is 5.95. The van der Waals surface area contributed by atoms with E-state index in [4.69, 9.17) is 14.6 Å². The normalized spacial score (nSPS) is 13.9. The molecule has 1 unspecified atom stereocenters. The summed E-state index contributed by atoms with van der Waals surface area (Å²) < 4.78 is 10.4. The highest BCUT2D eigenvalue weighted by Crippen LogP contribution is 2.44. The number of imidazole rings is 1. The van der Waals surface area contributed by atoms with Crippen LogP contribution in [0, 0.1) is 0 Å². The fourth-order valence-corrected chi connectivity index (χ4v) is 4.20. The van der Waals surface area contributed by atoms with Crippen molar-refractivity contribution in [2.45, 2.75) is 24.5 Å². The molecule has 2 aromatic carbocycles. The van der Waals surface area contributed by atoms with Crippen molar-refractivity contribution in [3.63, 3.8) is 0 Å². The van der Waals surface area contributed by atoms with Crippen molar-refractivity contribution in [2.24, 2.45) is 0 Å². The highest BCUT2D eigenvalue weighted by molar-refractivity contribution is 5.86. The van der Waals surface area contributed by atoms with Crippen molar-refractivity contribution in [3.05, 3.63) is 77.9 Å². The van der Waals surface area contributed by atoms with Crippen LogP contribution in [-0.2, 0) is 25.5 Å². The van der Waals surface area contributed by atoms with Crippen molar-refractivity contribution in [3.8, 4) is 11.1 Å². The Labute approximate surface area is 201 Å². The van der Waals surface area contributed by atoms with E-state index in [2.05, 4.69) is 20.6 Å². The number of alkyl carbamates (subject to hydrolysis) is 1. The van der Waals surface area contributed by atoms with Crippen molar-refractivity contribution in [1.82, 2.24) is 20.6 Å². The van der Waals surface area contributed by atoms with Crippen LogP contribution in [0.5, 0.6) is 0 Å². The number of rotatable bonds is 10. The van der Waals surface area contributed by atoms with Crippen molar-refractivity contribution < 1.29 is 29.0 Å². The summed E-state index contributed by atoms with van der Waals surface area (Å²) in [5.41, 5.74) is 4.99. The van der Waals surface area contributed by atoms with Crippen LogP contribution in [0.15, 0.2) is 61.1 Å². The Balaban J connectivity index is 1.41. The Kier molecular flexibility index (Phi) is 7.41. The maximum atomic E-state index is 12.8. The quantitative estimate of drug-likeness (QED) is 0.349. The topological polar surface area (TPSA) is 143 Å². The minimum atomic E-state index is -1.21. The standard InChI is InChI=1S/C25H26N4O6/c1-34-22(24(31)32)12-27-23(30)21(10-15-11-26-14-28-15)29-25(33)35-13-20-18-8-4-2-6-16(18)17-7-3-5-9-19(17)20/h2-9,11,14,20-22H,10,12-13H2,1H3,(H,26,28)(H,27,30)(H,29,33)(H,31,32)/t21-,22?/m0/s1. The summed E-state index contributed by atoms with van der Waals surface area (Å²) in [6.45, 7) is -0.153.